The van der Waals surface area contributed by atoms with Crippen molar-refractivity contribution in [3.8, 4) is 0 Å². The van der Waals surface area contributed by atoms with E-state index in [4.69, 9.17) is 9.84 Å². The van der Waals surface area contributed by atoms with E-state index in [9.17, 15) is 0 Å². The number of ether oxygens (including phenoxy) is 1. The SMILES string of the molecule is C=CC(C)(C)C(C)(C)C(C)(C)C(C)(C)CCCOCCO. The second kappa shape index (κ2) is 7.28. The molecule has 0 atom stereocenters. The zero-order valence-corrected chi connectivity index (χ0v) is 15.7. The van der Waals surface area contributed by atoms with E-state index in [2.05, 4.69) is 68.0 Å². The molecule has 21 heavy (non-hydrogen) atoms. The third-order valence-electron chi connectivity index (χ3n) is 6.70. The smallest absolute Gasteiger partial charge is 0.0697 e. The summed E-state index contributed by atoms with van der Waals surface area (Å²) in [7, 11) is 0. The maximum Gasteiger partial charge on any atom is 0.0697 e. The highest BCUT2D eigenvalue weighted by molar-refractivity contribution is 5.08. The predicted octanol–water partition coefficient (Wildman–Crippen LogP) is 5.07. The number of hydrogen-bond donors (Lipinski definition) is 1. The van der Waals surface area contributed by atoms with Crippen LogP contribution in [0.25, 0.3) is 0 Å². The summed E-state index contributed by atoms with van der Waals surface area (Å²) in [4.78, 5) is 0. The molecular formula is C19H38O2. The molecule has 0 bridgehead atoms. The van der Waals surface area contributed by atoms with Crippen LogP contribution in [-0.2, 0) is 4.74 Å². The van der Waals surface area contributed by atoms with Crippen LogP contribution < -0.4 is 0 Å². The third-order valence-corrected chi connectivity index (χ3v) is 6.70. The zero-order valence-electron chi connectivity index (χ0n) is 15.7. The molecule has 0 aliphatic rings. The summed E-state index contributed by atoms with van der Waals surface area (Å²) in [5.41, 5.74) is 0.534. The average molecular weight is 299 g/mol. The Morgan fingerprint density at radius 1 is 0.905 bits per heavy atom. The lowest BCUT2D eigenvalue weighted by atomic mass is 9.46. The van der Waals surface area contributed by atoms with Gasteiger partial charge >= 0.3 is 0 Å². The van der Waals surface area contributed by atoms with Crippen molar-refractivity contribution in [3.05, 3.63) is 12.7 Å². The van der Waals surface area contributed by atoms with Gasteiger partial charge in [0, 0.05) is 6.61 Å². The first-order valence-corrected chi connectivity index (χ1v) is 8.19. The molecule has 0 aromatic carbocycles. The summed E-state index contributed by atoms with van der Waals surface area (Å²) in [6, 6.07) is 0. The lowest BCUT2D eigenvalue weighted by molar-refractivity contribution is -0.0817. The number of aliphatic hydroxyl groups excluding tert-OH is 1. The quantitative estimate of drug-likeness (QED) is 0.451. The van der Waals surface area contributed by atoms with Gasteiger partial charge in [-0.05, 0) is 34.5 Å². The lowest BCUT2D eigenvalue weighted by Gasteiger charge is -2.58. The molecule has 0 aliphatic heterocycles. The van der Waals surface area contributed by atoms with Gasteiger partial charge < -0.3 is 9.84 Å². The van der Waals surface area contributed by atoms with Crippen molar-refractivity contribution in [2.75, 3.05) is 19.8 Å². The summed E-state index contributed by atoms with van der Waals surface area (Å²) in [6.45, 7) is 24.1. The number of hydrogen-bond acceptors (Lipinski definition) is 2. The second-order valence-corrected chi connectivity index (χ2v) is 8.50. The minimum absolute atomic E-state index is 0.0706. The van der Waals surface area contributed by atoms with Crippen molar-refractivity contribution < 1.29 is 9.84 Å². The van der Waals surface area contributed by atoms with E-state index in [0.29, 0.717) is 6.61 Å². The van der Waals surface area contributed by atoms with E-state index in [1.54, 1.807) is 0 Å². The van der Waals surface area contributed by atoms with Crippen molar-refractivity contribution in [2.45, 2.75) is 68.2 Å². The fourth-order valence-electron chi connectivity index (χ4n) is 3.00. The topological polar surface area (TPSA) is 29.5 Å². The van der Waals surface area contributed by atoms with Crippen LogP contribution in [0.4, 0.5) is 0 Å². The first kappa shape index (κ1) is 20.7. The van der Waals surface area contributed by atoms with Gasteiger partial charge in [0.25, 0.3) is 0 Å². The Balaban J connectivity index is 4.97. The van der Waals surface area contributed by atoms with Crippen LogP contribution in [0.5, 0.6) is 0 Å². The van der Waals surface area contributed by atoms with Gasteiger partial charge in [-0.1, -0.05) is 61.5 Å². The monoisotopic (exact) mass is 298 g/mol. The normalized spacial score (nSPS) is 14.3. The molecule has 0 unspecified atom stereocenters. The summed E-state index contributed by atoms with van der Waals surface area (Å²) in [6.07, 6.45) is 4.23. The van der Waals surface area contributed by atoms with Crippen LogP contribution in [-0.4, -0.2) is 24.9 Å². The Morgan fingerprint density at radius 3 is 1.86 bits per heavy atom. The van der Waals surface area contributed by atoms with E-state index in [1.807, 2.05) is 0 Å². The van der Waals surface area contributed by atoms with Crippen LogP contribution in [0.3, 0.4) is 0 Å². The van der Waals surface area contributed by atoms with Crippen LogP contribution in [0.15, 0.2) is 12.7 Å². The summed E-state index contributed by atoms with van der Waals surface area (Å²) >= 11 is 0. The molecule has 1 N–H and O–H groups in total. The molecule has 0 amide bonds. The number of rotatable bonds is 10. The fraction of sp³-hybridized carbons (Fsp3) is 0.895. The van der Waals surface area contributed by atoms with E-state index in [0.717, 1.165) is 19.4 Å². The number of aliphatic hydroxyl groups is 1. The highest BCUT2D eigenvalue weighted by atomic mass is 16.5. The molecule has 0 rings (SSSR count). The van der Waals surface area contributed by atoms with Gasteiger partial charge in [-0.3, -0.25) is 0 Å². The van der Waals surface area contributed by atoms with Gasteiger partial charge in [-0.25, -0.2) is 0 Å². The minimum atomic E-state index is 0.0706. The molecule has 0 radical (unpaired) electrons. The van der Waals surface area contributed by atoms with Crippen molar-refractivity contribution in [1.29, 1.82) is 0 Å². The molecule has 0 heterocycles. The van der Waals surface area contributed by atoms with Gasteiger partial charge in [0.2, 0.25) is 0 Å². The summed E-state index contributed by atoms with van der Waals surface area (Å²) in [5, 5.41) is 8.74. The molecule has 0 saturated carbocycles. The largest absolute Gasteiger partial charge is 0.394 e. The van der Waals surface area contributed by atoms with Crippen LogP contribution in [0.1, 0.15) is 68.2 Å². The molecule has 0 aliphatic carbocycles. The third kappa shape index (κ3) is 4.32. The van der Waals surface area contributed by atoms with Gasteiger partial charge in [0.15, 0.2) is 0 Å². The molecule has 0 aromatic rings. The molecular weight excluding hydrogens is 260 g/mol. The molecule has 2 heteroatoms. The molecule has 0 spiro atoms. The minimum Gasteiger partial charge on any atom is -0.394 e. The van der Waals surface area contributed by atoms with Gasteiger partial charge in [-0.2, -0.15) is 0 Å². The Morgan fingerprint density at radius 2 is 1.43 bits per heavy atom. The first-order valence-electron chi connectivity index (χ1n) is 8.19. The van der Waals surface area contributed by atoms with Crippen LogP contribution >= 0.6 is 0 Å². The number of allylic oxidation sites excluding steroid dienone is 1. The zero-order chi connectivity index (χ0) is 16.9. The second-order valence-electron chi connectivity index (χ2n) is 8.50. The van der Waals surface area contributed by atoms with E-state index < -0.39 is 0 Å². The molecule has 0 saturated heterocycles. The van der Waals surface area contributed by atoms with Crippen molar-refractivity contribution in [3.63, 3.8) is 0 Å². The highest BCUT2D eigenvalue weighted by Gasteiger charge is 2.53. The summed E-state index contributed by atoms with van der Waals surface area (Å²) < 4.78 is 5.40. The molecule has 0 aromatic heterocycles. The fourth-order valence-corrected chi connectivity index (χ4v) is 3.00. The van der Waals surface area contributed by atoms with E-state index in [-0.39, 0.29) is 28.3 Å². The van der Waals surface area contributed by atoms with Crippen molar-refractivity contribution in [1.82, 2.24) is 0 Å². The molecule has 0 fully saturated rings. The highest BCUT2D eigenvalue weighted by Crippen LogP contribution is 2.60. The van der Waals surface area contributed by atoms with Gasteiger partial charge in [0.1, 0.15) is 0 Å². The van der Waals surface area contributed by atoms with Crippen LogP contribution in [0, 0.1) is 21.7 Å². The van der Waals surface area contributed by atoms with Gasteiger partial charge in [-0.15, -0.1) is 6.58 Å². The maximum absolute atomic E-state index is 8.74. The Hall–Kier alpha value is -0.340. The summed E-state index contributed by atoms with van der Waals surface area (Å²) in [5.74, 6) is 0. The Kier molecular flexibility index (Phi) is 7.16. The predicted molar refractivity (Wildman–Crippen MR) is 92.5 cm³/mol. The van der Waals surface area contributed by atoms with Crippen molar-refractivity contribution >= 4 is 0 Å². The van der Waals surface area contributed by atoms with E-state index in [1.165, 1.54) is 0 Å². The Bertz CT molecular complexity index is 324. The van der Waals surface area contributed by atoms with Crippen LogP contribution in [0.2, 0.25) is 0 Å². The van der Waals surface area contributed by atoms with Gasteiger partial charge in [0.05, 0.1) is 13.2 Å². The lowest BCUT2D eigenvalue weighted by Crippen LogP contribution is -2.51. The van der Waals surface area contributed by atoms with Crippen molar-refractivity contribution in [2.24, 2.45) is 21.7 Å². The standard InChI is InChI=1S/C19H38O2/c1-10-16(2,3)18(6,7)19(8,9)17(4,5)12-11-14-21-15-13-20/h10,20H,1,11-15H2,2-9H3. The molecule has 126 valence electrons. The molecule has 2 nitrogen and oxygen atoms in total. The first-order chi connectivity index (χ1) is 9.37. The Labute approximate surface area is 133 Å². The van der Waals surface area contributed by atoms with E-state index >= 15 is 0 Å². The maximum atomic E-state index is 8.74. The average Bonchev–Trinajstić information content (AvgIpc) is 2.37.